The number of carbonyl (C=O) groups excluding carboxylic acids is 1. The van der Waals surface area contributed by atoms with Crippen LogP contribution in [-0.4, -0.2) is 31.7 Å². The molecule has 0 N–H and O–H groups in total. The fourth-order valence-corrected chi connectivity index (χ4v) is 1.03. The van der Waals surface area contributed by atoms with Crippen molar-refractivity contribution < 1.29 is 14.4 Å². The average molecular weight is 209 g/mol. The van der Waals surface area contributed by atoms with Crippen molar-refractivity contribution in [3.05, 3.63) is 30.3 Å². The molecule has 0 fully saturated rings. The van der Waals surface area contributed by atoms with Gasteiger partial charge in [-0.2, -0.15) is 0 Å². The lowest BCUT2D eigenvalue weighted by Crippen LogP contribution is -2.26. The molecule has 0 radical (unpaired) electrons. The van der Waals surface area contributed by atoms with Crippen LogP contribution >= 0.6 is 0 Å². The number of carbonyl (C=O) groups is 1. The molecule has 15 heavy (non-hydrogen) atoms. The van der Waals surface area contributed by atoms with E-state index in [1.807, 2.05) is 30.3 Å². The summed E-state index contributed by atoms with van der Waals surface area (Å²) in [6, 6.07) is 9.39. The van der Waals surface area contributed by atoms with Crippen molar-refractivity contribution in [2.75, 3.05) is 20.8 Å². The molecule has 0 aromatic heterocycles. The Balaban J connectivity index is 2.25. The number of nitrogens with zero attached hydrogens (tertiary/aromatic N) is 1. The number of hydroxylamine groups is 2. The standard InChI is InChI=1S/C11H15NO3/c1-12(14-2)11(13)8-9-15-10-6-4-3-5-7-10/h3-7H,8-9H2,1-2H3. The summed E-state index contributed by atoms with van der Waals surface area (Å²) in [4.78, 5) is 16.0. The molecule has 0 spiro atoms. The van der Waals surface area contributed by atoms with E-state index in [1.165, 1.54) is 12.2 Å². The van der Waals surface area contributed by atoms with Crippen LogP contribution in [0.5, 0.6) is 5.75 Å². The van der Waals surface area contributed by atoms with Crippen molar-refractivity contribution in [1.82, 2.24) is 5.06 Å². The largest absolute Gasteiger partial charge is 0.493 e. The van der Waals surface area contributed by atoms with Gasteiger partial charge in [-0.3, -0.25) is 9.63 Å². The molecule has 4 nitrogen and oxygen atoms in total. The number of para-hydroxylation sites is 1. The molecule has 0 heterocycles. The van der Waals surface area contributed by atoms with Crippen LogP contribution in [0.1, 0.15) is 6.42 Å². The third kappa shape index (κ3) is 3.99. The van der Waals surface area contributed by atoms with Crippen LogP contribution in [0, 0.1) is 0 Å². The van der Waals surface area contributed by atoms with Gasteiger partial charge in [0.2, 0.25) is 5.91 Å². The number of benzene rings is 1. The van der Waals surface area contributed by atoms with Crippen LogP contribution < -0.4 is 4.74 Å². The fraction of sp³-hybridized carbons (Fsp3) is 0.364. The molecule has 0 saturated heterocycles. The Morgan fingerprint density at radius 3 is 2.60 bits per heavy atom. The van der Waals surface area contributed by atoms with E-state index in [2.05, 4.69) is 0 Å². The quantitative estimate of drug-likeness (QED) is 0.689. The van der Waals surface area contributed by atoms with E-state index in [9.17, 15) is 4.79 Å². The predicted octanol–water partition coefficient (Wildman–Crippen LogP) is 1.48. The Bertz CT molecular complexity index is 300. The monoisotopic (exact) mass is 209 g/mol. The summed E-state index contributed by atoms with van der Waals surface area (Å²) in [6.45, 7) is 0.358. The van der Waals surface area contributed by atoms with Crippen LogP contribution in [0.3, 0.4) is 0 Å². The minimum absolute atomic E-state index is 0.103. The summed E-state index contributed by atoms with van der Waals surface area (Å²) in [7, 11) is 3.03. The van der Waals surface area contributed by atoms with E-state index in [0.29, 0.717) is 13.0 Å². The summed E-state index contributed by atoms with van der Waals surface area (Å²) in [6.07, 6.45) is 0.305. The summed E-state index contributed by atoms with van der Waals surface area (Å²) in [5.74, 6) is 0.666. The Morgan fingerprint density at radius 1 is 1.33 bits per heavy atom. The number of hydrogen-bond acceptors (Lipinski definition) is 3. The van der Waals surface area contributed by atoms with Gasteiger partial charge >= 0.3 is 0 Å². The van der Waals surface area contributed by atoms with E-state index in [1.54, 1.807) is 7.05 Å². The Hall–Kier alpha value is -1.55. The Kier molecular flexibility index (Phi) is 4.63. The van der Waals surface area contributed by atoms with Gasteiger partial charge in [0, 0.05) is 7.05 Å². The van der Waals surface area contributed by atoms with Gasteiger partial charge in [-0.1, -0.05) is 18.2 Å². The predicted molar refractivity (Wildman–Crippen MR) is 56.3 cm³/mol. The Morgan fingerprint density at radius 2 is 2.00 bits per heavy atom. The topological polar surface area (TPSA) is 38.8 Å². The van der Waals surface area contributed by atoms with E-state index in [4.69, 9.17) is 9.57 Å². The van der Waals surface area contributed by atoms with Crippen molar-refractivity contribution in [1.29, 1.82) is 0 Å². The third-order valence-corrected chi connectivity index (χ3v) is 1.95. The first-order chi connectivity index (χ1) is 7.24. The zero-order chi connectivity index (χ0) is 11.1. The highest BCUT2D eigenvalue weighted by Gasteiger charge is 2.07. The van der Waals surface area contributed by atoms with Gasteiger partial charge in [-0.15, -0.1) is 0 Å². The molecule has 0 bridgehead atoms. The number of amides is 1. The first-order valence-corrected chi connectivity index (χ1v) is 4.72. The minimum Gasteiger partial charge on any atom is -0.493 e. The highest BCUT2D eigenvalue weighted by atomic mass is 16.7. The molecule has 82 valence electrons. The van der Waals surface area contributed by atoms with Crippen LogP contribution in [0.2, 0.25) is 0 Å². The maximum absolute atomic E-state index is 11.3. The minimum atomic E-state index is -0.103. The molecule has 0 aliphatic rings. The lowest BCUT2D eigenvalue weighted by molar-refractivity contribution is -0.169. The van der Waals surface area contributed by atoms with Crippen molar-refractivity contribution in [3.8, 4) is 5.75 Å². The molecule has 1 aromatic carbocycles. The van der Waals surface area contributed by atoms with Gasteiger partial charge in [0.05, 0.1) is 20.1 Å². The third-order valence-electron chi connectivity index (χ3n) is 1.95. The van der Waals surface area contributed by atoms with Crippen molar-refractivity contribution >= 4 is 5.91 Å². The Labute approximate surface area is 89.4 Å². The van der Waals surface area contributed by atoms with Gasteiger partial charge in [0.25, 0.3) is 0 Å². The molecule has 0 aliphatic heterocycles. The zero-order valence-electron chi connectivity index (χ0n) is 8.97. The molecule has 1 rings (SSSR count). The fourth-order valence-electron chi connectivity index (χ4n) is 1.03. The maximum Gasteiger partial charge on any atom is 0.249 e. The van der Waals surface area contributed by atoms with Gasteiger partial charge in [-0.05, 0) is 12.1 Å². The molecule has 1 amide bonds. The lowest BCUT2D eigenvalue weighted by Gasteiger charge is -2.13. The molecular formula is C11H15NO3. The van der Waals surface area contributed by atoms with Crippen molar-refractivity contribution in [2.24, 2.45) is 0 Å². The van der Waals surface area contributed by atoms with E-state index < -0.39 is 0 Å². The molecule has 0 aliphatic carbocycles. The molecular weight excluding hydrogens is 194 g/mol. The van der Waals surface area contributed by atoms with Crippen LogP contribution in [-0.2, 0) is 9.63 Å². The van der Waals surface area contributed by atoms with Gasteiger partial charge < -0.3 is 4.74 Å². The maximum atomic E-state index is 11.3. The van der Waals surface area contributed by atoms with Crippen LogP contribution in [0.25, 0.3) is 0 Å². The number of ether oxygens (including phenoxy) is 1. The second kappa shape index (κ2) is 6.03. The first kappa shape index (κ1) is 11.5. The smallest absolute Gasteiger partial charge is 0.249 e. The average Bonchev–Trinajstić information content (AvgIpc) is 2.29. The molecule has 4 heteroatoms. The molecule has 0 unspecified atom stereocenters. The SMILES string of the molecule is CON(C)C(=O)CCOc1ccccc1. The molecule has 0 saturated carbocycles. The van der Waals surface area contributed by atoms with Crippen LogP contribution in [0.15, 0.2) is 30.3 Å². The molecule has 0 atom stereocenters. The number of hydrogen-bond donors (Lipinski definition) is 0. The summed E-state index contributed by atoms with van der Waals surface area (Å²) < 4.78 is 5.37. The summed E-state index contributed by atoms with van der Waals surface area (Å²) in [5, 5.41) is 1.19. The lowest BCUT2D eigenvalue weighted by atomic mass is 10.3. The summed E-state index contributed by atoms with van der Waals surface area (Å²) in [5.41, 5.74) is 0. The van der Waals surface area contributed by atoms with E-state index in [-0.39, 0.29) is 5.91 Å². The molecule has 1 aromatic rings. The van der Waals surface area contributed by atoms with Crippen molar-refractivity contribution in [3.63, 3.8) is 0 Å². The van der Waals surface area contributed by atoms with Gasteiger partial charge in [0.15, 0.2) is 0 Å². The highest BCUT2D eigenvalue weighted by Crippen LogP contribution is 2.08. The first-order valence-electron chi connectivity index (χ1n) is 4.72. The highest BCUT2D eigenvalue weighted by molar-refractivity contribution is 5.74. The van der Waals surface area contributed by atoms with E-state index >= 15 is 0 Å². The second-order valence-electron chi connectivity index (χ2n) is 2.99. The van der Waals surface area contributed by atoms with Crippen LogP contribution in [0.4, 0.5) is 0 Å². The van der Waals surface area contributed by atoms with Crippen molar-refractivity contribution in [2.45, 2.75) is 6.42 Å². The van der Waals surface area contributed by atoms with Gasteiger partial charge in [-0.25, -0.2) is 5.06 Å². The normalized spacial score (nSPS) is 9.73. The zero-order valence-corrected chi connectivity index (χ0v) is 8.97. The second-order valence-corrected chi connectivity index (χ2v) is 2.99. The summed E-state index contributed by atoms with van der Waals surface area (Å²) >= 11 is 0. The number of rotatable bonds is 5. The van der Waals surface area contributed by atoms with Gasteiger partial charge in [0.1, 0.15) is 5.75 Å². The van der Waals surface area contributed by atoms with E-state index in [0.717, 1.165) is 5.75 Å².